The summed E-state index contributed by atoms with van der Waals surface area (Å²) in [5.41, 5.74) is 1.24. The predicted octanol–water partition coefficient (Wildman–Crippen LogP) is 3.98. The van der Waals surface area contributed by atoms with E-state index in [2.05, 4.69) is 21.1 Å². The first-order valence-electron chi connectivity index (χ1n) is 4.17. The van der Waals surface area contributed by atoms with Crippen molar-refractivity contribution in [2.24, 2.45) is 0 Å². The van der Waals surface area contributed by atoms with Gasteiger partial charge in [-0.05, 0) is 28.1 Å². The third-order valence-corrected chi connectivity index (χ3v) is 2.81. The Morgan fingerprint density at radius 3 is 2.80 bits per heavy atom. The van der Waals surface area contributed by atoms with Gasteiger partial charge in [0.1, 0.15) is 11.5 Å². The zero-order valence-corrected chi connectivity index (χ0v) is 9.85. The third kappa shape index (κ3) is 2.21. The summed E-state index contributed by atoms with van der Waals surface area (Å²) in [5.74, 6) is 0.490. The van der Waals surface area contributed by atoms with Crippen LogP contribution < -0.4 is 0 Å². The van der Waals surface area contributed by atoms with Gasteiger partial charge in [0, 0.05) is 11.6 Å². The van der Waals surface area contributed by atoms with Crippen molar-refractivity contribution in [2.75, 3.05) is 0 Å². The second kappa shape index (κ2) is 4.33. The van der Waals surface area contributed by atoms with Crippen LogP contribution in [0.25, 0.3) is 11.3 Å². The molecule has 0 fully saturated rings. The first-order chi connectivity index (χ1) is 7.20. The van der Waals surface area contributed by atoms with Crippen LogP contribution >= 0.6 is 27.5 Å². The molecule has 0 aliphatic heterocycles. The van der Waals surface area contributed by atoms with Crippen LogP contribution in [0.1, 0.15) is 5.76 Å². The molecule has 78 valence electrons. The maximum Gasteiger partial charge on any atom is 0.152 e. The summed E-state index contributed by atoms with van der Waals surface area (Å²) in [7, 11) is 0. The van der Waals surface area contributed by atoms with Crippen molar-refractivity contribution < 1.29 is 8.91 Å². The summed E-state index contributed by atoms with van der Waals surface area (Å²) >= 11 is 8.65. The number of benzene rings is 1. The van der Waals surface area contributed by atoms with Gasteiger partial charge in [0.15, 0.2) is 5.76 Å². The molecule has 0 radical (unpaired) electrons. The van der Waals surface area contributed by atoms with E-state index in [0.717, 1.165) is 0 Å². The van der Waals surface area contributed by atoms with Crippen molar-refractivity contribution in [3.05, 3.63) is 40.3 Å². The lowest BCUT2D eigenvalue weighted by atomic mass is 10.1. The van der Waals surface area contributed by atoms with E-state index in [9.17, 15) is 4.39 Å². The maximum absolute atomic E-state index is 13.2. The molecule has 0 saturated carbocycles. The summed E-state index contributed by atoms with van der Waals surface area (Å²) < 4.78 is 18.6. The highest BCUT2D eigenvalue weighted by Gasteiger charge is 2.07. The Morgan fingerprint density at radius 2 is 2.20 bits per heavy atom. The Morgan fingerprint density at radius 1 is 1.40 bits per heavy atom. The molecule has 0 amide bonds. The highest BCUT2D eigenvalue weighted by atomic mass is 79.9. The van der Waals surface area contributed by atoms with Gasteiger partial charge in [-0.1, -0.05) is 11.2 Å². The first-order valence-corrected chi connectivity index (χ1v) is 5.50. The molecule has 0 aliphatic rings. The summed E-state index contributed by atoms with van der Waals surface area (Å²) in [6.07, 6.45) is 0. The molecular weight excluding hydrogens is 284 g/mol. The largest absolute Gasteiger partial charge is 0.359 e. The van der Waals surface area contributed by atoms with Gasteiger partial charge in [-0.25, -0.2) is 4.39 Å². The van der Waals surface area contributed by atoms with Gasteiger partial charge in [-0.15, -0.1) is 11.6 Å². The van der Waals surface area contributed by atoms with Crippen LogP contribution in [0.15, 0.2) is 33.3 Å². The quantitative estimate of drug-likeness (QED) is 0.782. The van der Waals surface area contributed by atoms with E-state index in [0.29, 0.717) is 21.5 Å². The molecule has 0 bridgehead atoms. The Hall–Kier alpha value is -0.870. The van der Waals surface area contributed by atoms with Crippen molar-refractivity contribution in [1.29, 1.82) is 0 Å². The molecular formula is C10H6BrClFNO. The monoisotopic (exact) mass is 289 g/mol. The predicted molar refractivity (Wildman–Crippen MR) is 59.2 cm³/mol. The fraction of sp³-hybridized carbons (Fsp3) is 0.100. The number of aromatic nitrogens is 1. The number of nitrogens with zero attached hydrogens (tertiary/aromatic N) is 1. The average Bonchev–Trinajstić information content (AvgIpc) is 2.70. The molecule has 1 aromatic carbocycles. The minimum atomic E-state index is -0.331. The molecule has 15 heavy (non-hydrogen) atoms. The van der Waals surface area contributed by atoms with E-state index in [-0.39, 0.29) is 11.7 Å². The fourth-order valence-electron chi connectivity index (χ4n) is 1.17. The number of rotatable bonds is 2. The first kappa shape index (κ1) is 10.6. The van der Waals surface area contributed by atoms with E-state index in [1.54, 1.807) is 18.2 Å². The van der Waals surface area contributed by atoms with Gasteiger partial charge >= 0.3 is 0 Å². The van der Waals surface area contributed by atoms with Gasteiger partial charge in [0.2, 0.25) is 0 Å². The van der Waals surface area contributed by atoms with Crippen LogP contribution in [0.2, 0.25) is 0 Å². The van der Waals surface area contributed by atoms with Crippen LogP contribution in [0.3, 0.4) is 0 Å². The molecule has 0 saturated heterocycles. The molecule has 5 heteroatoms. The van der Waals surface area contributed by atoms with Crippen molar-refractivity contribution in [2.45, 2.75) is 5.88 Å². The van der Waals surface area contributed by atoms with E-state index >= 15 is 0 Å². The SMILES string of the molecule is Fc1cc(-c2cc(CCl)on2)ccc1Br. The van der Waals surface area contributed by atoms with Crippen LogP contribution in [0, 0.1) is 5.82 Å². The van der Waals surface area contributed by atoms with Crippen LogP contribution in [0.5, 0.6) is 0 Å². The second-order valence-electron chi connectivity index (χ2n) is 2.94. The van der Waals surface area contributed by atoms with E-state index in [4.69, 9.17) is 16.1 Å². The lowest BCUT2D eigenvalue weighted by Gasteiger charge is -1.97. The fourth-order valence-corrected chi connectivity index (χ4v) is 1.54. The van der Waals surface area contributed by atoms with E-state index in [1.807, 2.05) is 0 Å². The molecule has 0 N–H and O–H groups in total. The Balaban J connectivity index is 2.40. The average molecular weight is 291 g/mol. The van der Waals surface area contributed by atoms with E-state index < -0.39 is 0 Å². The minimum Gasteiger partial charge on any atom is -0.359 e. The topological polar surface area (TPSA) is 26.0 Å². The summed E-state index contributed by atoms with van der Waals surface area (Å²) in [6.45, 7) is 0. The maximum atomic E-state index is 13.2. The van der Waals surface area contributed by atoms with Crippen molar-refractivity contribution >= 4 is 27.5 Å². The number of alkyl halides is 1. The lowest BCUT2D eigenvalue weighted by molar-refractivity contribution is 0.396. The number of hydrogen-bond donors (Lipinski definition) is 0. The van der Waals surface area contributed by atoms with Gasteiger partial charge < -0.3 is 4.52 Å². The van der Waals surface area contributed by atoms with Crippen molar-refractivity contribution in [3.63, 3.8) is 0 Å². The third-order valence-electron chi connectivity index (χ3n) is 1.91. The van der Waals surface area contributed by atoms with Crippen molar-refractivity contribution in [3.8, 4) is 11.3 Å². The molecule has 2 aromatic rings. The standard InChI is InChI=1S/C10H6BrClFNO/c11-8-2-1-6(3-9(8)13)10-4-7(5-12)15-14-10/h1-4H,5H2. The second-order valence-corrected chi connectivity index (χ2v) is 4.06. The zero-order chi connectivity index (χ0) is 10.8. The molecule has 1 aromatic heterocycles. The van der Waals surface area contributed by atoms with Crippen LogP contribution in [-0.2, 0) is 5.88 Å². The molecule has 0 unspecified atom stereocenters. The molecule has 1 heterocycles. The van der Waals surface area contributed by atoms with Crippen molar-refractivity contribution in [1.82, 2.24) is 5.16 Å². The number of halogens is 3. The highest BCUT2D eigenvalue weighted by Crippen LogP contribution is 2.24. The van der Waals surface area contributed by atoms with Gasteiger partial charge in [0.25, 0.3) is 0 Å². The summed E-state index contributed by atoms with van der Waals surface area (Å²) in [6, 6.07) is 6.46. The van der Waals surface area contributed by atoms with Crippen LogP contribution in [0.4, 0.5) is 4.39 Å². The molecule has 0 spiro atoms. The summed E-state index contributed by atoms with van der Waals surface area (Å²) in [5, 5.41) is 3.79. The molecule has 0 atom stereocenters. The molecule has 2 nitrogen and oxygen atoms in total. The highest BCUT2D eigenvalue weighted by molar-refractivity contribution is 9.10. The van der Waals surface area contributed by atoms with Gasteiger partial charge in [0.05, 0.1) is 10.4 Å². The molecule has 0 aliphatic carbocycles. The smallest absolute Gasteiger partial charge is 0.152 e. The van der Waals surface area contributed by atoms with Gasteiger partial charge in [-0.3, -0.25) is 0 Å². The minimum absolute atomic E-state index is 0.256. The lowest BCUT2D eigenvalue weighted by Crippen LogP contribution is -1.81. The van der Waals surface area contributed by atoms with Crippen LogP contribution in [-0.4, -0.2) is 5.16 Å². The zero-order valence-electron chi connectivity index (χ0n) is 7.51. The van der Waals surface area contributed by atoms with E-state index in [1.165, 1.54) is 6.07 Å². The Kier molecular flexibility index (Phi) is 3.07. The normalized spacial score (nSPS) is 10.6. The Bertz CT molecular complexity index is 486. The Labute approximate surface area is 99.2 Å². The van der Waals surface area contributed by atoms with Gasteiger partial charge in [-0.2, -0.15) is 0 Å². The summed E-state index contributed by atoms with van der Waals surface area (Å²) in [4.78, 5) is 0. The molecule has 2 rings (SSSR count). The number of hydrogen-bond acceptors (Lipinski definition) is 2.